The van der Waals surface area contributed by atoms with Gasteiger partial charge in [-0.1, -0.05) is 18.2 Å². The van der Waals surface area contributed by atoms with E-state index in [0.29, 0.717) is 17.7 Å². The number of carbonyl (C=O) groups excluding carboxylic acids is 3. The van der Waals surface area contributed by atoms with Gasteiger partial charge >= 0.3 is 6.03 Å². The summed E-state index contributed by atoms with van der Waals surface area (Å²) >= 11 is 0. The van der Waals surface area contributed by atoms with Crippen LogP contribution in [-0.2, 0) is 27.7 Å². The molecule has 2 aromatic rings. The van der Waals surface area contributed by atoms with Crippen molar-refractivity contribution in [2.24, 2.45) is 0 Å². The molecule has 0 saturated carbocycles. The van der Waals surface area contributed by atoms with Gasteiger partial charge in [-0.25, -0.2) is 13.2 Å². The van der Waals surface area contributed by atoms with E-state index in [1.54, 1.807) is 42.7 Å². The fourth-order valence-electron chi connectivity index (χ4n) is 3.78. The van der Waals surface area contributed by atoms with E-state index in [-0.39, 0.29) is 36.8 Å². The first-order chi connectivity index (χ1) is 14.8. The minimum atomic E-state index is -3.16. The SMILES string of the molecule is O=C(NCc1cccnc1)c1ccc(CN2C(=O)NC3(CCS(=O)(=O)CC3)C2=O)cc1. The van der Waals surface area contributed by atoms with Crippen molar-refractivity contribution in [3.05, 3.63) is 65.5 Å². The molecule has 1 aromatic heterocycles. The summed E-state index contributed by atoms with van der Waals surface area (Å²) in [6, 6.07) is 9.78. The average Bonchev–Trinajstić information content (AvgIpc) is 3.00. The van der Waals surface area contributed by atoms with Gasteiger partial charge in [0, 0.05) is 24.5 Å². The van der Waals surface area contributed by atoms with E-state index < -0.39 is 27.3 Å². The molecule has 0 radical (unpaired) electrons. The Morgan fingerprint density at radius 3 is 2.45 bits per heavy atom. The maximum atomic E-state index is 12.9. The fourth-order valence-corrected chi connectivity index (χ4v) is 5.30. The molecule has 2 saturated heterocycles. The normalized spacial score (nSPS) is 19.3. The van der Waals surface area contributed by atoms with E-state index in [0.717, 1.165) is 10.5 Å². The highest BCUT2D eigenvalue weighted by Crippen LogP contribution is 2.31. The van der Waals surface area contributed by atoms with Crippen molar-refractivity contribution in [2.75, 3.05) is 11.5 Å². The number of aromatic nitrogens is 1. The highest BCUT2D eigenvalue weighted by molar-refractivity contribution is 7.91. The zero-order valence-electron chi connectivity index (χ0n) is 16.7. The average molecular weight is 442 g/mol. The van der Waals surface area contributed by atoms with E-state index in [4.69, 9.17) is 0 Å². The Balaban J connectivity index is 1.38. The van der Waals surface area contributed by atoms with Crippen LogP contribution in [0.2, 0.25) is 0 Å². The number of sulfone groups is 1. The maximum absolute atomic E-state index is 12.9. The Hall–Kier alpha value is -3.27. The summed E-state index contributed by atoms with van der Waals surface area (Å²) in [6.07, 6.45) is 3.52. The van der Waals surface area contributed by atoms with Gasteiger partial charge in [0.25, 0.3) is 11.8 Å². The molecule has 3 heterocycles. The Morgan fingerprint density at radius 2 is 1.81 bits per heavy atom. The molecular weight excluding hydrogens is 420 g/mol. The number of nitrogens with zero attached hydrogens (tertiary/aromatic N) is 2. The molecule has 9 nitrogen and oxygen atoms in total. The van der Waals surface area contributed by atoms with Crippen molar-refractivity contribution in [1.82, 2.24) is 20.5 Å². The third kappa shape index (κ3) is 4.43. The monoisotopic (exact) mass is 442 g/mol. The van der Waals surface area contributed by atoms with Crippen molar-refractivity contribution >= 4 is 27.7 Å². The lowest BCUT2D eigenvalue weighted by Crippen LogP contribution is -2.52. The number of hydrogen-bond donors (Lipinski definition) is 2. The molecule has 0 atom stereocenters. The number of rotatable bonds is 5. The Labute approximate surface area is 179 Å². The van der Waals surface area contributed by atoms with Crippen LogP contribution < -0.4 is 10.6 Å². The second-order valence-electron chi connectivity index (χ2n) is 7.80. The molecule has 0 bridgehead atoms. The standard InChI is InChI=1S/C21H22N4O5S/c26-18(23-13-16-2-1-9-22-12-16)17-5-3-15(4-6-17)14-25-19(27)21(24-20(25)28)7-10-31(29,30)11-8-21/h1-6,9,12H,7-8,10-11,13-14H2,(H,23,26)(H,24,28). The van der Waals surface area contributed by atoms with Crippen LogP contribution in [0.1, 0.15) is 34.3 Å². The van der Waals surface area contributed by atoms with Crippen molar-refractivity contribution in [3.63, 3.8) is 0 Å². The lowest BCUT2D eigenvalue weighted by atomic mass is 9.92. The molecule has 2 aliphatic heterocycles. The molecule has 162 valence electrons. The predicted octanol–water partition coefficient (Wildman–Crippen LogP) is 1.01. The molecule has 1 spiro atoms. The van der Waals surface area contributed by atoms with Crippen LogP contribution in [0, 0.1) is 0 Å². The molecule has 0 aliphatic carbocycles. The van der Waals surface area contributed by atoms with E-state index in [1.807, 2.05) is 6.07 Å². The number of nitrogens with one attached hydrogen (secondary N) is 2. The quantitative estimate of drug-likeness (QED) is 0.666. The van der Waals surface area contributed by atoms with Crippen LogP contribution in [0.25, 0.3) is 0 Å². The molecular formula is C21H22N4O5S. The van der Waals surface area contributed by atoms with Crippen LogP contribution in [0.4, 0.5) is 4.79 Å². The smallest absolute Gasteiger partial charge is 0.325 e. The topological polar surface area (TPSA) is 126 Å². The fraction of sp³-hybridized carbons (Fsp3) is 0.333. The number of carbonyl (C=O) groups is 3. The van der Waals surface area contributed by atoms with Crippen LogP contribution in [0.15, 0.2) is 48.8 Å². The first kappa shape index (κ1) is 21.0. The third-order valence-electron chi connectivity index (χ3n) is 5.66. The number of amides is 4. The van der Waals surface area contributed by atoms with Crippen LogP contribution in [-0.4, -0.2) is 53.2 Å². The first-order valence-electron chi connectivity index (χ1n) is 9.89. The van der Waals surface area contributed by atoms with Gasteiger partial charge in [-0.3, -0.25) is 19.5 Å². The van der Waals surface area contributed by atoms with Gasteiger partial charge in [0.15, 0.2) is 9.84 Å². The Bertz CT molecular complexity index is 1100. The van der Waals surface area contributed by atoms with Crippen LogP contribution in [0.3, 0.4) is 0 Å². The number of benzene rings is 1. The molecule has 2 fully saturated rings. The molecule has 4 rings (SSSR count). The molecule has 2 aliphatic rings. The van der Waals surface area contributed by atoms with Gasteiger partial charge in [0.2, 0.25) is 0 Å². The lowest BCUT2D eigenvalue weighted by molar-refractivity contribution is -0.132. The minimum Gasteiger partial charge on any atom is -0.348 e. The number of imide groups is 1. The second-order valence-corrected chi connectivity index (χ2v) is 10.1. The summed E-state index contributed by atoms with van der Waals surface area (Å²) in [5.74, 6) is -0.871. The van der Waals surface area contributed by atoms with Crippen molar-refractivity contribution in [2.45, 2.75) is 31.5 Å². The van der Waals surface area contributed by atoms with Gasteiger partial charge in [-0.2, -0.15) is 0 Å². The van der Waals surface area contributed by atoms with Crippen LogP contribution in [0.5, 0.6) is 0 Å². The van der Waals surface area contributed by atoms with Crippen molar-refractivity contribution in [3.8, 4) is 0 Å². The third-order valence-corrected chi connectivity index (χ3v) is 7.31. The van der Waals surface area contributed by atoms with Gasteiger partial charge in [0.05, 0.1) is 18.1 Å². The molecule has 4 amide bonds. The first-order valence-corrected chi connectivity index (χ1v) is 11.7. The second kappa shape index (κ2) is 8.10. The van der Waals surface area contributed by atoms with E-state index in [2.05, 4.69) is 15.6 Å². The van der Waals surface area contributed by atoms with Gasteiger partial charge in [-0.15, -0.1) is 0 Å². The summed E-state index contributed by atoms with van der Waals surface area (Å²) in [7, 11) is -3.16. The summed E-state index contributed by atoms with van der Waals surface area (Å²) in [5.41, 5.74) is 0.899. The zero-order valence-corrected chi connectivity index (χ0v) is 17.5. The van der Waals surface area contributed by atoms with Crippen molar-refractivity contribution < 1.29 is 22.8 Å². The Morgan fingerprint density at radius 1 is 1.10 bits per heavy atom. The largest absolute Gasteiger partial charge is 0.348 e. The summed E-state index contributed by atoms with van der Waals surface area (Å²) in [6.45, 7) is 0.408. The van der Waals surface area contributed by atoms with E-state index in [1.165, 1.54) is 0 Å². The molecule has 31 heavy (non-hydrogen) atoms. The number of hydrogen-bond acceptors (Lipinski definition) is 6. The van der Waals surface area contributed by atoms with Gasteiger partial charge in [-0.05, 0) is 42.2 Å². The minimum absolute atomic E-state index is 0.0523. The highest BCUT2D eigenvalue weighted by Gasteiger charge is 2.53. The van der Waals surface area contributed by atoms with Crippen molar-refractivity contribution in [1.29, 1.82) is 0 Å². The molecule has 0 unspecified atom stereocenters. The van der Waals surface area contributed by atoms with E-state index in [9.17, 15) is 22.8 Å². The summed E-state index contributed by atoms with van der Waals surface area (Å²) in [5, 5.41) is 5.50. The summed E-state index contributed by atoms with van der Waals surface area (Å²) < 4.78 is 23.4. The van der Waals surface area contributed by atoms with Crippen LogP contribution >= 0.6 is 0 Å². The summed E-state index contributed by atoms with van der Waals surface area (Å²) in [4.78, 5) is 42.7. The molecule has 1 aromatic carbocycles. The predicted molar refractivity (Wildman–Crippen MR) is 112 cm³/mol. The maximum Gasteiger partial charge on any atom is 0.325 e. The molecule has 10 heteroatoms. The number of pyridine rings is 1. The number of urea groups is 1. The van der Waals surface area contributed by atoms with E-state index >= 15 is 0 Å². The molecule has 2 N–H and O–H groups in total. The zero-order chi connectivity index (χ0) is 22.1. The lowest BCUT2D eigenvalue weighted by Gasteiger charge is -2.30. The van der Waals surface area contributed by atoms with Gasteiger partial charge < -0.3 is 10.6 Å². The Kier molecular flexibility index (Phi) is 5.48. The highest BCUT2D eigenvalue weighted by atomic mass is 32.2. The van der Waals surface area contributed by atoms with Gasteiger partial charge in [0.1, 0.15) is 5.54 Å².